The second-order valence-electron chi connectivity index (χ2n) is 13.8. The molecule has 0 radical (unpaired) electrons. The highest BCUT2D eigenvalue weighted by Gasteiger charge is 2.32. The third-order valence-electron chi connectivity index (χ3n) is 8.64. The minimum absolute atomic E-state index is 0.0326. The van der Waals surface area contributed by atoms with Crippen molar-refractivity contribution >= 4 is 6.29 Å². The summed E-state index contributed by atoms with van der Waals surface area (Å²) in [5, 5.41) is 0. The van der Waals surface area contributed by atoms with Crippen molar-refractivity contribution in [1.82, 2.24) is 0 Å². The molecule has 0 aromatic carbocycles. The molecule has 0 N–H and O–H groups in total. The first-order valence-electron chi connectivity index (χ1n) is 15.7. The average molecular weight is 565 g/mol. The Morgan fingerprint density at radius 3 is 1.81 bits per heavy atom. The van der Waals surface area contributed by atoms with Gasteiger partial charge in [-0.05, 0) is 83.6 Å². The minimum atomic E-state index is 0.0326. The fraction of sp³-hybridized carbons (Fsp3) is 0.439. The first-order chi connectivity index (χ1) is 19.7. The fourth-order valence-electron chi connectivity index (χ4n) is 6.17. The van der Waals surface area contributed by atoms with Crippen LogP contribution in [0.4, 0.5) is 0 Å². The van der Waals surface area contributed by atoms with Crippen LogP contribution in [0.2, 0.25) is 0 Å². The van der Waals surface area contributed by atoms with Crippen LogP contribution in [0.5, 0.6) is 0 Å². The number of carbonyl (C=O) groups is 1. The van der Waals surface area contributed by atoms with Crippen molar-refractivity contribution in [2.45, 2.75) is 94.9 Å². The number of rotatable bonds is 11. The van der Waals surface area contributed by atoms with Crippen LogP contribution in [0.1, 0.15) is 94.9 Å². The van der Waals surface area contributed by atoms with Gasteiger partial charge in [0.1, 0.15) is 6.29 Å². The van der Waals surface area contributed by atoms with E-state index in [1.807, 2.05) is 0 Å². The van der Waals surface area contributed by atoms with Crippen LogP contribution in [-0.2, 0) is 4.79 Å². The minimum Gasteiger partial charge on any atom is -0.303 e. The number of allylic oxidation sites excluding steroid dienone is 22. The lowest BCUT2D eigenvalue weighted by atomic mass is 9.68. The monoisotopic (exact) mass is 564 g/mol. The van der Waals surface area contributed by atoms with Crippen LogP contribution in [-0.4, -0.2) is 6.29 Å². The lowest BCUT2D eigenvalue weighted by Crippen LogP contribution is -2.26. The van der Waals surface area contributed by atoms with Gasteiger partial charge >= 0.3 is 0 Å². The zero-order chi connectivity index (χ0) is 31.3. The SMILES string of the molecule is CC1=CCCC(C)(C)C1/C=C/C(C)=C/C=C/C(C)=C/C=C/C=C(C)/C=C/C=C(C)/C=C/C1=C(C)CC(C=O)CC1(C)C. The Balaban J connectivity index is 1.89. The summed E-state index contributed by atoms with van der Waals surface area (Å²) in [5.74, 6) is 0.672. The van der Waals surface area contributed by atoms with Gasteiger partial charge in [-0.15, -0.1) is 0 Å². The van der Waals surface area contributed by atoms with Crippen LogP contribution in [0.15, 0.2) is 130 Å². The molecule has 0 saturated heterocycles. The summed E-state index contributed by atoms with van der Waals surface area (Å²) in [6.07, 6.45) is 38.2. The molecule has 0 aromatic heterocycles. The standard InChI is InChI=1S/C41H56O/c1-31(18-13-20-33(3)23-25-38-35(5)22-15-27-40(38,7)8)16-11-12-17-32(2)19-14-21-34(4)24-26-39-36(6)28-37(30-42)29-41(39,9)10/h11-14,16-26,30,37-38H,15,27-29H2,1-10H3/b12-11+,18-13+,19-14+,25-23+,26-24+,31-16+,32-17+,33-20+,34-21+. The number of carbonyl (C=O) groups excluding carboxylic acids is 1. The molecule has 0 saturated carbocycles. The second-order valence-corrected chi connectivity index (χ2v) is 13.8. The normalized spacial score (nSPS) is 24.7. The van der Waals surface area contributed by atoms with Gasteiger partial charge in [0.2, 0.25) is 0 Å². The van der Waals surface area contributed by atoms with Crippen LogP contribution < -0.4 is 0 Å². The molecule has 2 aliphatic carbocycles. The zero-order valence-electron chi connectivity index (χ0n) is 28.1. The molecule has 2 aliphatic rings. The first-order valence-corrected chi connectivity index (χ1v) is 15.7. The molecule has 1 nitrogen and oxygen atoms in total. The van der Waals surface area contributed by atoms with Gasteiger partial charge in [0.25, 0.3) is 0 Å². The molecule has 0 fully saturated rings. The molecule has 0 amide bonds. The molecule has 2 atom stereocenters. The Morgan fingerprint density at radius 2 is 1.29 bits per heavy atom. The topological polar surface area (TPSA) is 17.1 Å². The molecule has 1 heteroatoms. The van der Waals surface area contributed by atoms with Crippen LogP contribution in [0, 0.1) is 22.7 Å². The van der Waals surface area contributed by atoms with E-state index in [-0.39, 0.29) is 11.3 Å². The van der Waals surface area contributed by atoms with E-state index in [9.17, 15) is 4.79 Å². The Labute approximate surface area is 258 Å². The van der Waals surface area contributed by atoms with Crippen molar-refractivity contribution < 1.29 is 4.79 Å². The van der Waals surface area contributed by atoms with Gasteiger partial charge in [-0.3, -0.25) is 0 Å². The van der Waals surface area contributed by atoms with Crippen molar-refractivity contribution in [2.24, 2.45) is 22.7 Å². The maximum atomic E-state index is 11.3. The highest BCUT2D eigenvalue weighted by molar-refractivity contribution is 5.56. The summed E-state index contributed by atoms with van der Waals surface area (Å²) < 4.78 is 0. The summed E-state index contributed by atoms with van der Waals surface area (Å²) in [5.41, 5.74) is 9.45. The largest absolute Gasteiger partial charge is 0.303 e. The van der Waals surface area contributed by atoms with Crippen LogP contribution >= 0.6 is 0 Å². The van der Waals surface area contributed by atoms with E-state index in [0.717, 1.165) is 19.1 Å². The van der Waals surface area contributed by atoms with E-state index in [2.05, 4.69) is 160 Å². The zero-order valence-corrected chi connectivity index (χ0v) is 28.1. The summed E-state index contributed by atoms with van der Waals surface area (Å²) in [7, 11) is 0. The van der Waals surface area contributed by atoms with Gasteiger partial charge in [0.05, 0.1) is 0 Å². The predicted octanol–water partition coefficient (Wildman–Crippen LogP) is 11.9. The first kappa shape index (κ1) is 35.0. The quantitative estimate of drug-likeness (QED) is 0.139. The molecule has 0 bridgehead atoms. The van der Waals surface area contributed by atoms with Gasteiger partial charge in [-0.25, -0.2) is 0 Å². The lowest BCUT2D eigenvalue weighted by Gasteiger charge is -2.36. The second kappa shape index (κ2) is 16.4. The molecule has 0 aromatic rings. The Bertz CT molecular complexity index is 1280. The van der Waals surface area contributed by atoms with E-state index in [1.165, 1.54) is 51.9 Å². The number of hydrogen-bond acceptors (Lipinski definition) is 1. The molecule has 2 rings (SSSR count). The van der Waals surface area contributed by atoms with Crippen molar-refractivity contribution in [2.75, 3.05) is 0 Å². The van der Waals surface area contributed by atoms with E-state index in [0.29, 0.717) is 11.3 Å². The molecule has 42 heavy (non-hydrogen) atoms. The van der Waals surface area contributed by atoms with Crippen molar-refractivity contribution in [3.05, 3.63) is 130 Å². The third-order valence-corrected chi connectivity index (χ3v) is 8.64. The average Bonchev–Trinajstić information content (AvgIpc) is 2.89. The van der Waals surface area contributed by atoms with Gasteiger partial charge < -0.3 is 4.79 Å². The molecular formula is C41H56O. The van der Waals surface area contributed by atoms with E-state index in [4.69, 9.17) is 0 Å². The molecule has 0 aliphatic heterocycles. The van der Waals surface area contributed by atoms with Gasteiger partial charge in [-0.1, -0.05) is 152 Å². The summed E-state index contributed by atoms with van der Waals surface area (Å²) in [4.78, 5) is 11.3. The molecule has 0 spiro atoms. The molecule has 2 unspecified atom stereocenters. The van der Waals surface area contributed by atoms with E-state index < -0.39 is 0 Å². The molecular weight excluding hydrogens is 508 g/mol. The molecule has 0 heterocycles. The van der Waals surface area contributed by atoms with Crippen LogP contribution in [0.25, 0.3) is 0 Å². The van der Waals surface area contributed by atoms with E-state index in [1.54, 1.807) is 0 Å². The van der Waals surface area contributed by atoms with Crippen molar-refractivity contribution in [3.63, 3.8) is 0 Å². The Hall–Kier alpha value is -3.19. The van der Waals surface area contributed by atoms with Gasteiger partial charge in [0.15, 0.2) is 0 Å². The summed E-state index contributed by atoms with van der Waals surface area (Å²) in [6, 6.07) is 0. The number of hydrogen-bond donors (Lipinski definition) is 0. The fourth-order valence-corrected chi connectivity index (χ4v) is 6.17. The lowest BCUT2D eigenvalue weighted by molar-refractivity contribution is -0.112. The third kappa shape index (κ3) is 11.6. The maximum absolute atomic E-state index is 11.3. The van der Waals surface area contributed by atoms with Crippen molar-refractivity contribution in [3.8, 4) is 0 Å². The van der Waals surface area contributed by atoms with Gasteiger partial charge in [-0.2, -0.15) is 0 Å². The van der Waals surface area contributed by atoms with Crippen molar-refractivity contribution in [1.29, 1.82) is 0 Å². The van der Waals surface area contributed by atoms with Crippen LogP contribution in [0.3, 0.4) is 0 Å². The Kier molecular flexibility index (Phi) is 13.7. The maximum Gasteiger partial charge on any atom is 0.123 e. The molecule has 226 valence electrons. The van der Waals surface area contributed by atoms with E-state index >= 15 is 0 Å². The van der Waals surface area contributed by atoms with Gasteiger partial charge in [0, 0.05) is 11.8 Å². The summed E-state index contributed by atoms with van der Waals surface area (Å²) >= 11 is 0. The number of aldehydes is 1. The predicted molar refractivity (Wildman–Crippen MR) is 186 cm³/mol. The highest BCUT2D eigenvalue weighted by atomic mass is 16.1. The Morgan fingerprint density at radius 1 is 0.762 bits per heavy atom. The highest BCUT2D eigenvalue weighted by Crippen LogP contribution is 2.43. The summed E-state index contributed by atoms with van der Waals surface area (Å²) in [6.45, 7) is 22.2. The smallest absolute Gasteiger partial charge is 0.123 e.